The number of nitrogen functional groups attached to an aromatic ring is 1. The molecule has 1 aromatic carbocycles. The van der Waals surface area contributed by atoms with Crippen LogP contribution in [0, 0.1) is 0 Å². The van der Waals surface area contributed by atoms with Crippen LogP contribution in [0.2, 0.25) is 0 Å². The number of anilines is 1. The molecule has 1 aromatic rings. The van der Waals surface area contributed by atoms with Gasteiger partial charge in [0.25, 0.3) is 0 Å². The number of hydrogen-bond donors (Lipinski definition) is 3. The Morgan fingerprint density at radius 1 is 1.25 bits per heavy atom. The lowest BCUT2D eigenvalue weighted by Gasteiger charge is -2.09. The third-order valence-electron chi connectivity index (χ3n) is 2.28. The maximum Gasteiger partial charge on any atom is 0.215 e. The fraction of sp³-hybridized carbons (Fsp3) is 0.500. The number of benzene rings is 1. The molecular weight excluding hydrogens is 284 g/mol. The average Bonchev–Trinajstić information content (AvgIpc) is 2.38. The summed E-state index contributed by atoms with van der Waals surface area (Å²) < 4.78 is 35.8. The zero-order valence-electron chi connectivity index (χ0n) is 11.1. The van der Waals surface area contributed by atoms with Gasteiger partial charge in [-0.05, 0) is 12.1 Å². The molecule has 0 aliphatic heterocycles. The van der Waals surface area contributed by atoms with E-state index in [9.17, 15) is 8.42 Å². The van der Waals surface area contributed by atoms with Crippen molar-refractivity contribution in [1.82, 2.24) is 4.72 Å². The minimum absolute atomic E-state index is 0.0380. The van der Waals surface area contributed by atoms with Gasteiger partial charge in [-0.15, -0.1) is 0 Å². The van der Waals surface area contributed by atoms with E-state index in [4.69, 9.17) is 20.3 Å². The van der Waals surface area contributed by atoms with E-state index in [-0.39, 0.29) is 38.7 Å². The molecule has 4 N–H and O–H groups in total. The van der Waals surface area contributed by atoms with Crippen molar-refractivity contribution in [2.24, 2.45) is 0 Å². The number of hydrogen-bond acceptors (Lipinski definition) is 6. The number of nitrogens with one attached hydrogen (secondary N) is 1. The van der Waals surface area contributed by atoms with E-state index in [1.54, 1.807) is 24.3 Å². The van der Waals surface area contributed by atoms with Crippen LogP contribution in [0.15, 0.2) is 24.3 Å². The average molecular weight is 304 g/mol. The third kappa shape index (κ3) is 7.29. The van der Waals surface area contributed by atoms with Crippen LogP contribution in [0.3, 0.4) is 0 Å². The summed E-state index contributed by atoms with van der Waals surface area (Å²) in [6, 6.07) is 6.79. The number of sulfonamides is 1. The molecule has 0 amide bonds. The number of ether oxygens (including phenoxy) is 2. The molecule has 0 unspecified atom stereocenters. The van der Waals surface area contributed by atoms with Crippen LogP contribution in [-0.2, 0) is 14.8 Å². The van der Waals surface area contributed by atoms with Gasteiger partial charge in [-0.2, -0.15) is 0 Å². The van der Waals surface area contributed by atoms with E-state index in [0.717, 1.165) is 0 Å². The van der Waals surface area contributed by atoms with Crippen LogP contribution < -0.4 is 15.2 Å². The summed E-state index contributed by atoms with van der Waals surface area (Å²) >= 11 is 0. The largest absolute Gasteiger partial charge is 0.492 e. The molecule has 0 saturated carbocycles. The van der Waals surface area contributed by atoms with E-state index >= 15 is 0 Å². The molecule has 0 spiro atoms. The maximum absolute atomic E-state index is 11.6. The highest BCUT2D eigenvalue weighted by Gasteiger charge is 2.09. The minimum Gasteiger partial charge on any atom is -0.492 e. The fourth-order valence-electron chi connectivity index (χ4n) is 1.38. The summed E-state index contributed by atoms with van der Waals surface area (Å²) in [5, 5.41) is 8.48. The summed E-state index contributed by atoms with van der Waals surface area (Å²) in [4.78, 5) is 0. The Morgan fingerprint density at radius 2 is 2.05 bits per heavy atom. The monoisotopic (exact) mass is 304 g/mol. The standard InChI is InChI=1S/C12H20N2O5S/c13-11-2-1-3-12(10-11)19-8-9-20(16,17)14-4-6-18-7-5-15/h1-3,10,14-15H,4-9,13H2. The first-order valence-electron chi connectivity index (χ1n) is 6.18. The molecule has 0 radical (unpaired) electrons. The Labute approximate surface area is 118 Å². The molecule has 0 heterocycles. The van der Waals surface area contributed by atoms with Crippen LogP contribution in [-0.4, -0.2) is 52.2 Å². The number of aliphatic hydroxyl groups excluding tert-OH is 1. The van der Waals surface area contributed by atoms with Crippen LogP contribution in [0.25, 0.3) is 0 Å². The van der Waals surface area contributed by atoms with Gasteiger partial charge in [0.05, 0.1) is 25.6 Å². The SMILES string of the molecule is Nc1cccc(OCCS(=O)(=O)NCCOCCO)c1. The molecule has 114 valence electrons. The maximum atomic E-state index is 11.6. The van der Waals surface area contributed by atoms with Gasteiger partial charge < -0.3 is 20.3 Å². The van der Waals surface area contributed by atoms with Gasteiger partial charge in [0.2, 0.25) is 10.0 Å². The molecule has 0 bridgehead atoms. The second-order valence-corrected chi connectivity index (χ2v) is 5.90. The Bertz CT molecular complexity index is 492. The Kier molecular flexibility index (Phi) is 7.31. The molecule has 20 heavy (non-hydrogen) atoms. The molecule has 8 heteroatoms. The Morgan fingerprint density at radius 3 is 2.75 bits per heavy atom. The van der Waals surface area contributed by atoms with Crippen molar-refractivity contribution in [1.29, 1.82) is 0 Å². The summed E-state index contributed by atoms with van der Waals surface area (Å²) in [5.74, 6) is 0.383. The number of rotatable bonds is 10. The van der Waals surface area contributed by atoms with E-state index in [1.807, 2.05) is 0 Å². The highest BCUT2D eigenvalue weighted by atomic mass is 32.2. The predicted octanol–water partition coefficient (Wildman–Crippen LogP) is -0.424. The summed E-state index contributed by atoms with van der Waals surface area (Å²) in [6.45, 7) is 0.536. The van der Waals surface area contributed by atoms with Gasteiger partial charge in [-0.1, -0.05) is 6.07 Å². The lowest BCUT2D eigenvalue weighted by Crippen LogP contribution is -2.31. The summed E-state index contributed by atoms with van der Waals surface area (Å²) in [6.07, 6.45) is 0. The molecule has 7 nitrogen and oxygen atoms in total. The van der Waals surface area contributed by atoms with Crippen LogP contribution in [0.1, 0.15) is 0 Å². The quantitative estimate of drug-likeness (QED) is 0.400. The van der Waals surface area contributed by atoms with Gasteiger partial charge in [0.1, 0.15) is 12.4 Å². The van der Waals surface area contributed by atoms with Crippen molar-refractivity contribution in [2.45, 2.75) is 0 Å². The molecule has 1 rings (SSSR count). The molecule has 0 aliphatic rings. The second kappa shape index (κ2) is 8.75. The van der Waals surface area contributed by atoms with Crippen molar-refractivity contribution in [2.75, 3.05) is 44.5 Å². The predicted molar refractivity (Wildman–Crippen MR) is 76.0 cm³/mol. The van der Waals surface area contributed by atoms with Crippen LogP contribution in [0.4, 0.5) is 5.69 Å². The summed E-state index contributed by atoms with van der Waals surface area (Å²) in [5.41, 5.74) is 6.14. The van der Waals surface area contributed by atoms with E-state index in [2.05, 4.69) is 4.72 Å². The van der Waals surface area contributed by atoms with E-state index in [0.29, 0.717) is 11.4 Å². The first-order valence-corrected chi connectivity index (χ1v) is 7.83. The van der Waals surface area contributed by atoms with Gasteiger partial charge >= 0.3 is 0 Å². The van der Waals surface area contributed by atoms with Crippen molar-refractivity contribution < 1.29 is 23.0 Å². The Balaban J connectivity index is 2.22. The zero-order valence-corrected chi connectivity index (χ0v) is 11.9. The zero-order chi connectivity index (χ0) is 14.8. The minimum atomic E-state index is -3.40. The molecule has 0 saturated heterocycles. The first kappa shape index (κ1) is 16.7. The van der Waals surface area contributed by atoms with Gasteiger partial charge in [-0.25, -0.2) is 13.1 Å². The third-order valence-corrected chi connectivity index (χ3v) is 3.63. The van der Waals surface area contributed by atoms with E-state index < -0.39 is 10.0 Å². The van der Waals surface area contributed by atoms with E-state index in [1.165, 1.54) is 0 Å². The topological polar surface area (TPSA) is 111 Å². The highest BCUT2D eigenvalue weighted by molar-refractivity contribution is 7.89. The van der Waals surface area contributed by atoms with Gasteiger partial charge in [-0.3, -0.25) is 0 Å². The smallest absolute Gasteiger partial charge is 0.215 e. The van der Waals surface area contributed by atoms with Crippen molar-refractivity contribution in [3.05, 3.63) is 24.3 Å². The second-order valence-electron chi connectivity index (χ2n) is 3.97. The first-order chi connectivity index (χ1) is 9.53. The number of aliphatic hydroxyl groups is 1. The van der Waals surface area contributed by atoms with Crippen molar-refractivity contribution in [3.8, 4) is 5.75 Å². The Hall–Kier alpha value is -1.35. The van der Waals surface area contributed by atoms with Crippen molar-refractivity contribution in [3.63, 3.8) is 0 Å². The normalized spacial score (nSPS) is 11.4. The molecule has 0 atom stereocenters. The number of nitrogens with two attached hydrogens (primary N) is 1. The highest BCUT2D eigenvalue weighted by Crippen LogP contribution is 2.14. The van der Waals surface area contributed by atoms with Gasteiger partial charge in [0.15, 0.2) is 0 Å². The molecule has 0 fully saturated rings. The molecular formula is C12H20N2O5S. The molecule has 0 aliphatic carbocycles. The summed E-state index contributed by atoms with van der Waals surface area (Å²) in [7, 11) is -3.40. The van der Waals surface area contributed by atoms with Crippen LogP contribution >= 0.6 is 0 Å². The molecule has 0 aromatic heterocycles. The van der Waals surface area contributed by atoms with Crippen molar-refractivity contribution >= 4 is 15.7 Å². The lowest BCUT2D eigenvalue weighted by atomic mass is 10.3. The van der Waals surface area contributed by atoms with Gasteiger partial charge in [0, 0.05) is 18.3 Å². The van der Waals surface area contributed by atoms with Crippen LogP contribution in [0.5, 0.6) is 5.75 Å². The fourth-order valence-corrected chi connectivity index (χ4v) is 2.22. The lowest BCUT2D eigenvalue weighted by molar-refractivity contribution is 0.0961.